The summed E-state index contributed by atoms with van der Waals surface area (Å²) in [5, 5.41) is 1.31. The van der Waals surface area contributed by atoms with E-state index in [-0.39, 0.29) is 31.4 Å². The van der Waals surface area contributed by atoms with E-state index in [0.717, 1.165) is 5.56 Å². The van der Waals surface area contributed by atoms with Gasteiger partial charge in [0.15, 0.2) is 0 Å². The average molecular weight is 317 g/mol. The van der Waals surface area contributed by atoms with E-state index in [4.69, 9.17) is 9.57 Å². The minimum Gasteiger partial charge on any atom is -0.461 e. The van der Waals surface area contributed by atoms with E-state index in [2.05, 4.69) is 6.58 Å². The van der Waals surface area contributed by atoms with Gasteiger partial charge in [-0.1, -0.05) is 49.9 Å². The second kappa shape index (κ2) is 7.92. The number of amides is 1. The zero-order valence-corrected chi connectivity index (χ0v) is 13.5. The molecule has 1 fully saturated rings. The van der Waals surface area contributed by atoms with Crippen molar-refractivity contribution in [2.24, 2.45) is 5.41 Å². The maximum Gasteiger partial charge on any atom is 0.314 e. The lowest BCUT2D eigenvalue weighted by Crippen LogP contribution is -2.50. The van der Waals surface area contributed by atoms with E-state index in [1.54, 1.807) is 6.08 Å². The first-order valence-electron chi connectivity index (χ1n) is 7.86. The Bertz CT molecular complexity index is 557. The molecule has 0 spiro atoms. The fourth-order valence-corrected chi connectivity index (χ4v) is 2.64. The molecular weight excluding hydrogens is 294 g/mol. The summed E-state index contributed by atoms with van der Waals surface area (Å²) in [4.78, 5) is 30.1. The van der Waals surface area contributed by atoms with Crippen molar-refractivity contribution in [3.8, 4) is 0 Å². The standard InChI is InChI=1S/C18H23NO4/c1-3-12-22-17(21)18(4-2)11-10-16(20)19(14-18)23-13-15-8-6-5-7-9-15/h3,5-9H,1,4,10-14H2,2H3. The number of carbonyl (C=O) groups excluding carboxylic acids is 2. The molecule has 0 N–H and O–H groups in total. The fraction of sp³-hybridized carbons (Fsp3) is 0.444. The second-order valence-electron chi connectivity index (χ2n) is 5.71. The fourth-order valence-electron chi connectivity index (χ4n) is 2.64. The molecule has 5 heteroatoms. The Morgan fingerprint density at radius 3 is 2.78 bits per heavy atom. The van der Waals surface area contributed by atoms with Gasteiger partial charge in [0, 0.05) is 6.42 Å². The van der Waals surface area contributed by atoms with Crippen molar-refractivity contribution in [2.45, 2.75) is 32.8 Å². The van der Waals surface area contributed by atoms with Crippen molar-refractivity contribution < 1.29 is 19.2 Å². The van der Waals surface area contributed by atoms with E-state index in [1.807, 2.05) is 37.3 Å². The molecular formula is C18H23NO4. The highest BCUT2D eigenvalue weighted by Crippen LogP contribution is 2.35. The first kappa shape index (κ1) is 17.2. The summed E-state index contributed by atoms with van der Waals surface area (Å²) in [5.74, 6) is -0.387. The predicted octanol–water partition coefficient (Wildman–Crippen LogP) is 2.87. The van der Waals surface area contributed by atoms with Crippen LogP contribution in [0.1, 0.15) is 31.7 Å². The molecule has 0 bridgehead atoms. The largest absolute Gasteiger partial charge is 0.461 e. The minimum absolute atomic E-state index is 0.0958. The lowest BCUT2D eigenvalue weighted by molar-refractivity contribution is -0.214. The lowest BCUT2D eigenvalue weighted by Gasteiger charge is -2.39. The third-order valence-corrected chi connectivity index (χ3v) is 4.21. The Balaban J connectivity index is 2.03. The van der Waals surface area contributed by atoms with Gasteiger partial charge in [0.2, 0.25) is 5.91 Å². The Morgan fingerprint density at radius 2 is 2.13 bits per heavy atom. The van der Waals surface area contributed by atoms with Gasteiger partial charge in [0.25, 0.3) is 0 Å². The Labute approximate surface area is 136 Å². The van der Waals surface area contributed by atoms with Gasteiger partial charge < -0.3 is 4.74 Å². The number of hydrogen-bond donors (Lipinski definition) is 0. The van der Waals surface area contributed by atoms with Crippen molar-refractivity contribution in [1.29, 1.82) is 0 Å². The van der Waals surface area contributed by atoms with Crippen molar-refractivity contribution in [3.63, 3.8) is 0 Å². The molecule has 1 heterocycles. The van der Waals surface area contributed by atoms with Crippen LogP contribution in [-0.2, 0) is 25.8 Å². The van der Waals surface area contributed by atoms with E-state index in [0.29, 0.717) is 19.4 Å². The molecule has 1 aliphatic heterocycles. The summed E-state index contributed by atoms with van der Waals surface area (Å²) in [7, 11) is 0. The van der Waals surface area contributed by atoms with Crippen LogP contribution in [0.15, 0.2) is 43.0 Å². The van der Waals surface area contributed by atoms with Crippen LogP contribution in [0.2, 0.25) is 0 Å². The number of benzene rings is 1. The van der Waals surface area contributed by atoms with E-state index in [9.17, 15) is 9.59 Å². The van der Waals surface area contributed by atoms with Crippen molar-refractivity contribution in [3.05, 3.63) is 48.6 Å². The zero-order valence-electron chi connectivity index (χ0n) is 13.5. The third-order valence-electron chi connectivity index (χ3n) is 4.21. The van der Waals surface area contributed by atoms with E-state index in [1.165, 1.54) is 5.06 Å². The number of hydroxylamine groups is 2. The van der Waals surface area contributed by atoms with Crippen LogP contribution in [0.5, 0.6) is 0 Å². The molecule has 1 aromatic carbocycles. The van der Waals surface area contributed by atoms with Crippen LogP contribution >= 0.6 is 0 Å². The molecule has 0 radical (unpaired) electrons. The summed E-state index contributed by atoms with van der Waals surface area (Å²) in [6.45, 7) is 6.19. The lowest BCUT2D eigenvalue weighted by atomic mass is 9.78. The molecule has 0 aliphatic carbocycles. The minimum atomic E-state index is -0.701. The van der Waals surface area contributed by atoms with Gasteiger partial charge in [-0.25, -0.2) is 5.06 Å². The van der Waals surface area contributed by atoms with Gasteiger partial charge in [-0.3, -0.25) is 14.4 Å². The highest BCUT2D eigenvalue weighted by Gasteiger charge is 2.45. The highest BCUT2D eigenvalue weighted by atomic mass is 16.7. The summed E-state index contributed by atoms with van der Waals surface area (Å²) >= 11 is 0. The molecule has 124 valence electrons. The number of esters is 1. The zero-order chi connectivity index (χ0) is 16.7. The number of rotatable bonds is 7. The number of piperidine rings is 1. The number of carbonyl (C=O) groups is 2. The first-order valence-corrected chi connectivity index (χ1v) is 7.86. The quantitative estimate of drug-likeness (QED) is 0.573. The molecule has 1 atom stereocenters. The molecule has 1 aliphatic rings. The molecule has 1 unspecified atom stereocenters. The smallest absolute Gasteiger partial charge is 0.314 e. The molecule has 1 saturated heterocycles. The average Bonchev–Trinajstić information content (AvgIpc) is 2.60. The van der Waals surface area contributed by atoms with Crippen molar-refractivity contribution in [2.75, 3.05) is 13.2 Å². The van der Waals surface area contributed by atoms with Gasteiger partial charge in [0.1, 0.15) is 13.2 Å². The predicted molar refractivity (Wildman–Crippen MR) is 86.1 cm³/mol. The Morgan fingerprint density at radius 1 is 1.39 bits per heavy atom. The molecule has 1 amide bonds. The van der Waals surface area contributed by atoms with Gasteiger partial charge in [-0.15, -0.1) is 0 Å². The second-order valence-corrected chi connectivity index (χ2v) is 5.71. The van der Waals surface area contributed by atoms with Crippen LogP contribution in [0, 0.1) is 5.41 Å². The van der Waals surface area contributed by atoms with Crippen LogP contribution in [-0.4, -0.2) is 30.1 Å². The summed E-state index contributed by atoms with van der Waals surface area (Å²) < 4.78 is 5.22. The number of ether oxygens (including phenoxy) is 1. The monoisotopic (exact) mass is 317 g/mol. The maximum absolute atomic E-state index is 12.4. The maximum atomic E-state index is 12.4. The Kier molecular flexibility index (Phi) is 5.93. The summed E-state index contributed by atoms with van der Waals surface area (Å²) in [6, 6.07) is 9.62. The molecule has 0 aromatic heterocycles. The molecule has 5 nitrogen and oxygen atoms in total. The molecule has 0 saturated carbocycles. The van der Waals surface area contributed by atoms with Gasteiger partial charge >= 0.3 is 5.97 Å². The normalized spacial score (nSPS) is 21.1. The van der Waals surface area contributed by atoms with Gasteiger partial charge in [0.05, 0.1) is 12.0 Å². The topological polar surface area (TPSA) is 55.8 Å². The van der Waals surface area contributed by atoms with Crippen LogP contribution in [0.25, 0.3) is 0 Å². The SMILES string of the molecule is C=CCOC(=O)C1(CC)CCC(=O)N(OCc2ccccc2)C1. The first-order chi connectivity index (χ1) is 11.1. The van der Waals surface area contributed by atoms with Crippen LogP contribution in [0.4, 0.5) is 0 Å². The van der Waals surface area contributed by atoms with E-state index >= 15 is 0 Å². The molecule has 2 rings (SSSR count). The number of nitrogens with zero attached hydrogens (tertiary/aromatic N) is 1. The van der Waals surface area contributed by atoms with Crippen molar-refractivity contribution >= 4 is 11.9 Å². The molecule has 1 aromatic rings. The number of hydrogen-bond acceptors (Lipinski definition) is 4. The highest BCUT2D eigenvalue weighted by molar-refractivity contribution is 5.83. The van der Waals surface area contributed by atoms with Crippen LogP contribution < -0.4 is 0 Å². The van der Waals surface area contributed by atoms with Crippen molar-refractivity contribution in [1.82, 2.24) is 5.06 Å². The molecule has 23 heavy (non-hydrogen) atoms. The summed E-state index contributed by atoms with van der Waals surface area (Å²) in [5.41, 5.74) is 0.273. The third kappa shape index (κ3) is 4.20. The van der Waals surface area contributed by atoms with Crippen LogP contribution in [0.3, 0.4) is 0 Å². The Hall–Kier alpha value is -2.14. The van der Waals surface area contributed by atoms with E-state index < -0.39 is 5.41 Å². The van der Waals surface area contributed by atoms with Gasteiger partial charge in [-0.05, 0) is 18.4 Å². The summed E-state index contributed by atoms with van der Waals surface area (Å²) in [6.07, 6.45) is 2.91. The van der Waals surface area contributed by atoms with Gasteiger partial charge in [-0.2, -0.15) is 0 Å².